The summed E-state index contributed by atoms with van der Waals surface area (Å²) >= 11 is 0. The predicted octanol–water partition coefficient (Wildman–Crippen LogP) is 4.19. The maximum atomic E-state index is 10.2. The summed E-state index contributed by atoms with van der Waals surface area (Å²) in [4.78, 5) is 2.56. The first-order valence-electron chi connectivity index (χ1n) is 8.20. The van der Waals surface area contributed by atoms with Crippen molar-refractivity contribution in [3.63, 3.8) is 0 Å². The van der Waals surface area contributed by atoms with Crippen LogP contribution in [-0.2, 0) is 6.54 Å². The third-order valence-electron chi connectivity index (χ3n) is 4.50. The Morgan fingerprint density at radius 2 is 2.00 bits per heavy atom. The first-order chi connectivity index (χ1) is 10.1. The Hall–Kier alpha value is -1.22. The van der Waals surface area contributed by atoms with Crippen LogP contribution in [0.15, 0.2) is 18.2 Å². The largest absolute Gasteiger partial charge is 0.507 e. The number of phenolic OH excluding ortho intramolecular Hbond substituents is 1. The molecule has 0 aromatic heterocycles. The lowest BCUT2D eigenvalue weighted by Gasteiger charge is -2.30. The van der Waals surface area contributed by atoms with Gasteiger partial charge in [0.05, 0.1) is 7.11 Å². The zero-order chi connectivity index (χ0) is 15.2. The van der Waals surface area contributed by atoms with Crippen LogP contribution in [0.4, 0.5) is 0 Å². The Labute approximate surface area is 128 Å². The van der Waals surface area contributed by atoms with Crippen molar-refractivity contribution in [3.05, 3.63) is 23.8 Å². The number of hydrogen-bond acceptors (Lipinski definition) is 3. The first kappa shape index (κ1) is 16.2. The zero-order valence-electron chi connectivity index (χ0n) is 13.6. The second-order valence-corrected chi connectivity index (χ2v) is 6.59. The van der Waals surface area contributed by atoms with Crippen LogP contribution in [-0.4, -0.2) is 29.7 Å². The predicted molar refractivity (Wildman–Crippen MR) is 86.8 cm³/mol. The summed E-state index contributed by atoms with van der Waals surface area (Å²) in [7, 11) is 1.63. The Balaban J connectivity index is 2.06. The Morgan fingerprint density at radius 1 is 1.29 bits per heavy atom. The lowest BCUT2D eigenvalue weighted by atomic mass is 10.1. The number of aromatic hydroxyl groups is 1. The van der Waals surface area contributed by atoms with E-state index >= 15 is 0 Å². The van der Waals surface area contributed by atoms with E-state index in [-0.39, 0.29) is 0 Å². The van der Waals surface area contributed by atoms with Crippen LogP contribution in [0.25, 0.3) is 0 Å². The number of phenols is 1. The summed E-state index contributed by atoms with van der Waals surface area (Å²) in [6.45, 7) is 6.51. The van der Waals surface area contributed by atoms with Crippen LogP contribution in [0.2, 0.25) is 0 Å². The van der Waals surface area contributed by atoms with Gasteiger partial charge in [-0.1, -0.05) is 32.8 Å². The lowest BCUT2D eigenvalue weighted by Crippen LogP contribution is -2.34. The van der Waals surface area contributed by atoms with Gasteiger partial charge in [0.1, 0.15) is 11.5 Å². The van der Waals surface area contributed by atoms with E-state index in [1.165, 1.54) is 32.1 Å². The van der Waals surface area contributed by atoms with Crippen molar-refractivity contribution in [2.45, 2.75) is 58.5 Å². The molecule has 1 aliphatic rings. The fourth-order valence-corrected chi connectivity index (χ4v) is 3.11. The van der Waals surface area contributed by atoms with Crippen molar-refractivity contribution >= 4 is 0 Å². The molecule has 2 rings (SSSR count). The van der Waals surface area contributed by atoms with Gasteiger partial charge in [-0.2, -0.15) is 0 Å². The normalized spacial score (nSPS) is 16.0. The van der Waals surface area contributed by atoms with Crippen molar-refractivity contribution in [2.75, 3.05) is 13.7 Å². The molecule has 0 unspecified atom stereocenters. The Morgan fingerprint density at radius 3 is 2.57 bits per heavy atom. The smallest absolute Gasteiger partial charge is 0.123 e. The third kappa shape index (κ3) is 4.63. The molecule has 1 fully saturated rings. The van der Waals surface area contributed by atoms with Gasteiger partial charge in [0.25, 0.3) is 0 Å². The van der Waals surface area contributed by atoms with Crippen molar-refractivity contribution in [1.82, 2.24) is 4.90 Å². The highest BCUT2D eigenvalue weighted by atomic mass is 16.5. The molecule has 0 saturated heterocycles. The molecule has 0 amide bonds. The molecular weight excluding hydrogens is 262 g/mol. The third-order valence-corrected chi connectivity index (χ3v) is 4.50. The molecule has 1 N–H and O–H groups in total. The van der Waals surface area contributed by atoms with Gasteiger partial charge in [0, 0.05) is 24.2 Å². The molecule has 1 aromatic rings. The molecule has 1 saturated carbocycles. The van der Waals surface area contributed by atoms with Gasteiger partial charge < -0.3 is 9.84 Å². The van der Waals surface area contributed by atoms with Crippen LogP contribution in [0.5, 0.6) is 11.5 Å². The summed E-state index contributed by atoms with van der Waals surface area (Å²) in [5.74, 6) is 1.78. The number of nitrogens with zero attached hydrogens (tertiary/aromatic N) is 1. The molecule has 0 bridgehead atoms. The van der Waals surface area contributed by atoms with Gasteiger partial charge in [0.2, 0.25) is 0 Å². The number of methoxy groups -OCH3 is 1. The van der Waals surface area contributed by atoms with E-state index in [1.807, 2.05) is 12.1 Å². The lowest BCUT2D eigenvalue weighted by molar-refractivity contribution is 0.177. The van der Waals surface area contributed by atoms with E-state index in [0.29, 0.717) is 17.5 Å². The standard InChI is InChI=1S/C18H29NO2/c1-14(2)10-11-19(16-6-4-5-7-16)13-15-8-9-17(21-3)12-18(15)20/h8-9,12,14,16,20H,4-7,10-11,13H2,1-3H3. The van der Waals surface area contributed by atoms with Crippen molar-refractivity contribution in [2.24, 2.45) is 5.92 Å². The van der Waals surface area contributed by atoms with Crippen LogP contribution in [0.3, 0.4) is 0 Å². The quantitative estimate of drug-likeness (QED) is 0.817. The molecular formula is C18H29NO2. The maximum absolute atomic E-state index is 10.2. The highest BCUT2D eigenvalue weighted by Gasteiger charge is 2.23. The fourth-order valence-electron chi connectivity index (χ4n) is 3.11. The summed E-state index contributed by atoms with van der Waals surface area (Å²) in [5, 5.41) is 10.2. The summed E-state index contributed by atoms with van der Waals surface area (Å²) < 4.78 is 5.16. The number of benzene rings is 1. The molecule has 0 heterocycles. The minimum absolute atomic E-state index is 0.349. The van der Waals surface area contributed by atoms with Gasteiger partial charge in [0.15, 0.2) is 0 Å². The van der Waals surface area contributed by atoms with Gasteiger partial charge >= 0.3 is 0 Å². The number of ether oxygens (including phenoxy) is 1. The molecule has 0 spiro atoms. The van der Waals surface area contributed by atoms with Crippen molar-refractivity contribution < 1.29 is 9.84 Å². The van der Waals surface area contributed by atoms with Crippen LogP contribution in [0, 0.1) is 5.92 Å². The van der Waals surface area contributed by atoms with Crippen molar-refractivity contribution in [1.29, 1.82) is 0 Å². The van der Waals surface area contributed by atoms with Crippen LogP contribution >= 0.6 is 0 Å². The fraction of sp³-hybridized carbons (Fsp3) is 0.667. The van der Waals surface area contributed by atoms with E-state index in [9.17, 15) is 5.11 Å². The molecule has 0 radical (unpaired) electrons. The topological polar surface area (TPSA) is 32.7 Å². The van der Waals surface area contributed by atoms with E-state index in [0.717, 1.165) is 24.6 Å². The summed E-state index contributed by atoms with van der Waals surface area (Å²) in [6.07, 6.45) is 6.51. The molecule has 0 aliphatic heterocycles. The average molecular weight is 291 g/mol. The molecule has 21 heavy (non-hydrogen) atoms. The second-order valence-electron chi connectivity index (χ2n) is 6.59. The monoisotopic (exact) mass is 291 g/mol. The second kappa shape index (κ2) is 7.69. The molecule has 1 aliphatic carbocycles. The minimum atomic E-state index is 0.349. The molecule has 0 atom stereocenters. The number of hydrogen-bond donors (Lipinski definition) is 1. The van der Waals surface area contributed by atoms with Crippen molar-refractivity contribution in [3.8, 4) is 11.5 Å². The molecule has 3 nitrogen and oxygen atoms in total. The molecule has 3 heteroatoms. The average Bonchev–Trinajstić information content (AvgIpc) is 2.98. The molecule has 118 valence electrons. The van der Waals surface area contributed by atoms with E-state index < -0.39 is 0 Å². The number of rotatable bonds is 7. The van der Waals surface area contributed by atoms with Gasteiger partial charge in [-0.05, 0) is 37.8 Å². The summed E-state index contributed by atoms with van der Waals surface area (Å²) in [5.41, 5.74) is 1.01. The highest BCUT2D eigenvalue weighted by molar-refractivity contribution is 5.39. The van der Waals surface area contributed by atoms with Gasteiger partial charge in [-0.3, -0.25) is 4.90 Å². The van der Waals surface area contributed by atoms with Crippen LogP contribution in [0.1, 0.15) is 51.5 Å². The van der Waals surface area contributed by atoms with E-state index in [4.69, 9.17) is 4.74 Å². The maximum Gasteiger partial charge on any atom is 0.123 e. The van der Waals surface area contributed by atoms with E-state index in [1.54, 1.807) is 13.2 Å². The molecule has 1 aromatic carbocycles. The Bertz CT molecular complexity index is 439. The summed E-state index contributed by atoms with van der Waals surface area (Å²) in [6, 6.07) is 6.32. The first-order valence-corrected chi connectivity index (χ1v) is 8.20. The minimum Gasteiger partial charge on any atom is -0.507 e. The van der Waals surface area contributed by atoms with E-state index in [2.05, 4.69) is 18.7 Å². The van der Waals surface area contributed by atoms with Crippen LogP contribution < -0.4 is 4.74 Å². The Kier molecular flexibility index (Phi) is 5.92. The highest BCUT2D eigenvalue weighted by Crippen LogP contribution is 2.29. The SMILES string of the molecule is COc1ccc(CN(CCC(C)C)C2CCCC2)c(O)c1. The van der Waals surface area contributed by atoms with Gasteiger partial charge in [-0.25, -0.2) is 0 Å². The zero-order valence-corrected chi connectivity index (χ0v) is 13.6. The van der Waals surface area contributed by atoms with Gasteiger partial charge in [-0.15, -0.1) is 0 Å².